The van der Waals surface area contributed by atoms with Gasteiger partial charge in [-0.05, 0) is 75.4 Å². The summed E-state index contributed by atoms with van der Waals surface area (Å²) in [4.78, 5) is 20.0. The van der Waals surface area contributed by atoms with Crippen molar-refractivity contribution in [3.05, 3.63) is 59.7 Å². The molecule has 10 heteroatoms. The molecule has 0 unspecified atom stereocenters. The Hall–Kier alpha value is -3.50. The van der Waals surface area contributed by atoms with Gasteiger partial charge in [0.15, 0.2) is 11.6 Å². The molecule has 6 heterocycles. The van der Waals surface area contributed by atoms with E-state index >= 15 is 4.39 Å². The van der Waals surface area contributed by atoms with Crippen molar-refractivity contribution >= 4 is 22.8 Å². The summed E-state index contributed by atoms with van der Waals surface area (Å²) in [6.45, 7) is 9.62. The maximum Gasteiger partial charge on any atom is 0.229 e. The van der Waals surface area contributed by atoms with Gasteiger partial charge in [0.05, 0.1) is 11.7 Å². The molecule has 0 atom stereocenters. The lowest BCUT2D eigenvalue weighted by molar-refractivity contribution is 0.0520. The molecular weight excluding hydrogens is 498 g/mol. The maximum absolute atomic E-state index is 15.1. The minimum Gasteiger partial charge on any atom is -0.322 e. The third-order valence-corrected chi connectivity index (χ3v) is 8.75. The summed E-state index contributed by atoms with van der Waals surface area (Å²) in [5, 5.41) is 6.48. The predicted molar refractivity (Wildman–Crippen MR) is 146 cm³/mol. The molecule has 39 heavy (non-hydrogen) atoms. The van der Waals surface area contributed by atoms with Crippen LogP contribution >= 0.6 is 0 Å². The minimum atomic E-state index is -0.621. The van der Waals surface area contributed by atoms with Crippen LogP contribution in [0.25, 0.3) is 22.3 Å². The van der Waals surface area contributed by atoms with Gasteiger partial charge in [-0.2, -0.15) is 0 Å². The molecule has 0 amide bonds. The lowest BCUT2D eigenvalue weighted by atomic mass is 9.73. The average Bonchev–Trinajstić information content (AvgIpc) is 3.43. The molecule has 7 rings (SSSR count). The van der Waals surface area contributed by atoms with Crippen molar-refractivity contribution in [1.29, 1.82) is 0 Å². The second-order valence-electron chi connectivity index (χ2n) is 11.9. The van der Waals surface area contributed by atoms with Crippen molar-refractivity contribution in [2.75, 3.05) is 31.5 Å². The molecule has 2 saturated heterocycles. The number of fused-ring (bicyclic) bond motifs is 3. The van der Waals surface area contributed by atoms with Gasteiger partial charge in [0.2, 0.25) is 5.95 Å². The molecule has 1 aromatic carbocycles. The molecule has 1 spiro atoms. The van der Waals surface area contributed by atoms with Crippen LogP contribution in [0.5, 0.6) is 0 Å². The smallest absolute Gasteiger partial charge is 0.229 e. The Morgan fingerprint density at radius 1 is 0.974 bits per heavy atom. The van der Waals surface area contributed by atoms with Crippen LogP contribution < -0.4 is 10.6 Å². The zero-order valence-corrected chi connectivity index (χ0v) is 22.3. The van der Waals surface area contributed by atoms with E-state index in [0.29, 0.717) is 27.8 Å². The number of likely N-dealkylation sites (tertiary alicyclic amines) is 1. The number of imidazole rings is 1. The predicted octanol–water partition coefficient (Wildman–Crippen LogP) is 4.78. The van der Waals surface area contributed by atoms with Crippen LogP contribution in [0.1, 0.15) is 44.5 Å². The van der Waals surface area contributed by atoms with Crippen LogP contribution in [-0.4, -0.2) is 55.6 Å². The number of hydrogen-bond acceptors (Lipinski definition) is 7. The fourth-order valence-corrected chi connectivity index (χ4v) is 6.31. The van der Waals surface area contributed by atoms with Crippen LogP contribution in [0.2, 0.25) is 0 Å². The number of benzene rings is 1. The molecule has 8 nitrogen and oxygen atoms in total. The van der Waals surface area contributed by atoms with Crippen LogP contribution in [0.4, 0.5) is 20.5 Å². The summed E-state index contributed by atoms with van der Waals surface area (Å²) in [6, 6.07) is 6.99. The van der Waals surface area contributed by atoms with Gasteiger partial charge in [0.1, 0.15) is 22.9 Å². The van der Waals surface area contributed by atoms with E-state index in [4.69, 9.17) is 0 Å². The number of hydrogen-bond donors (Lipinski definition) is 2. The number of aromatic nitrogens is 5. The van der Waals surface area contributed by atoms with Crippen LogP contribution in [0.15, 0.2) is 36.7 Å². The molecule has 3 aliphatic rings. The van der Waals surface area contributed by atoms with Crippen LogP contribution in [-0.2, 0) is 18.5 Å². The molecule has 0 saturated carbocycles. The highest BCUT2D eigenvalue weighted by Gasteiger charge is 2.39. The Morgan fingerprint density at radius 2 is 1.79 bits per heavy atom. The SMILES string of the molecule is CC1(C)CCc2nc3c(F)cc(-c4nc(Nc5ccc(CN6CCC7(CC6)CNC7)cn5)ncc4F)cc3n21. The Bertz CT molecular complexity index is 1550. The molecular formula is C29H32F2N8. The third-order valence-electron chi connectivity index (χ3n) is 8.75. The quantitative estimate of drug-likeness (QED) is 0.384. The molecule has 0 radical (unpaired) electrons. The van der Waals surface area contributed by atoms with E-state index in [1.807, 2.05) is 18.3 Å². The van der Waals surface area contributed by atoms with Crippen molar-refractivity contribution in [3.8, 4) is 11.3 Å². The number of pyridine rings is 1. The zero-order valence-electron chi connectivity index (χ0n) is 22.3. The highest BCUT2D eigenvalue weighted by molar-refractivity contribution is 5.83. The van der Waals surface area contributed by atoms with Crippen molar-refractivity contribution in [1.82, 2.24) is 34.7 Å². The summed E-state index contributed by atoms with van der Waals surface area (Å²) in [6.07, 6.45) is 7.16. The molecule has 2 N–H and O–H groups in total. The van der Waals surface area contributed by atoms with Gasteiger partial charge in [0.25, 0.3) is 0 Å². The van der Waals surface area contributed by atoms with E-state index < -0.39 is 11.6 Å². The fraction of sp³-hybridized carbons (Fsp3) is 0.448. The summed E-state index contributed by atoms with van der Waals surface area (Å²) >= 11 is 0. The highest BCUT2D eigenvalue weighted by atomic mass is 19.1. The van der Waals surface area contributed by atoms with Crippen molar-refractivity contribution in [2.45, 2.75) is 51.6 Å². The Balaban J connectivity index is 1.09. The number of piperidine rings is 1. The van der Waals surface area contributed by atoms with E-state index in [9.17, 15) is 4.39 Å². The maximum atomic E-state index is 15.1. The molecule has 0 bridgehead atoms. The van der Waals surface area contributed by atoms with Gasteiger partial charge in [-0.3, -0.25) is 4.90 Å². The van der Waals surface area contributed by atoms with Crippen LogP contribution in [0.3, 0.4) is 0 Å². The number of anilines is 2. The topological polar surface area (TPSA) is 83.8 Å². The van der Waals surface area contributed by atoms with Gasteiger partial charge < -0.3 is 15.2 Å². The molecule has 4 aromatic rings. The van der Waals surface area contributed by atoms with E-state index in [1.54, 1.807) is 6.07 Å². The van der Waals surface area contributed by atoms with E-state index in [-0.39, 0.29) is 17.2 Å². The number of aryl methyl sites for hydroxylation is 1. The van der Waals surface area contributed by atoms with Crippen molar-refractivity contribution in [2.24, 2.45) is 5.41 Å². The van der Waals surface area contributed by atoms with Gasteiger partial charge in [-0.25, -0.2) is 28.7 Å². The molecule has 2 fully saturated rings. The third kappa shape index (κ3) is 4.35. The number of rotatable bonds is 5. The van der Waals surface area contributed by atoms with E-state index in [2.05, 4.69) is 53.9 Å². The normalized spacial score (nSPS) is 19.8. The second kappa shape index (κ2) is 9.02. The Kier molecular flexibility index (Phi) is 5.68. The number of nitrogens with one attached hydrogen (secondary N) is 2. The summed E-state index contributed by atoms with van der Waals surface area (Å²) < 4.78 is 32.1. The first-order valence-corrected chi connectivity index (χ1v) is 13.7. The fourth-order valence-electron chi connectivity index (χ4n) is 6.31. The molecule has 3 aliphatic heterocycles. The summed E-state index contributed by atoms with van der Waals surface area (Å²) in [7, 11) is 0. The van der Waals surface area contributed by atoms with Gasteiger partial charge >= 0.3 is 0 Å². The van der Waals surface area contributed by atoms with Crippen molar-refractivity contribution in [3.63, 3.8) is 0 Å². The highest BCUT2D eigenvalue weighted by Crippen LogP contribution is 2.38. The number of halogens is 2. The second-order valence-corrected chi connectivity index (χ2v) is 11.9. The van der Waals surface area contributed by atoms with E-state index in [1.165, 1.54) is 18.9 Å². The van der Waals surface area contributed by atoms with Crippen molar-refractivity contribution < 1.29 is 8.78 Å². The lowest BCUT2D eigenvalue weighted by Crippen LogP contribution is -2.58. The van der Waals surface area contributed by atoms with E-state index in [0.717, 1.165) is 63.2 Å². The first-order valence-electron chi connectivity index (χ1n) is 13.7. The molecule has 202 valence electrons. The molecule has 3 aromatic heterocycles. The molecule has 0 aliphatic carbocycles. The zero-order chi connectivity index (χ0) is 26.8. The summed E-state index contributed by atoms with van der Waals surface area (Å²) in [5.74, 6) is 0.501. The lowest BCUT2D eigenvalue weighted by Gasteiger charge is -2.48. The summed E-state index contributed by atoms with van der Waals surface area (Å²) in [5.41, 5.74) is 2.82. The van der Waals surface area contributed by atoms with Gasteiger partial charge in [0, 0.05) is 43.4 Å². The monoisotopic (exact) mass is 530 g/mol. The minimum absolute atomic E-state index is 0.0285. The first kappa shape index (κ1) is 24.5. The largest absolute Gasteiger partial charge is 0.322 e. The average molecular weight is 531 g/mol. The number of nitrogens with zero attached hydrogens (tertiary/aromatic N) is 6. The Morgan fingerprint density at radius 3 is 2.51 bits per heavy atom. The van der Waals surface area contributed by atoms with Crippen LogP contribution in [0, 0.1) is 17.0 Å². The first-order chi connectivity index (χ1) is 18.8. The van der Waals surface area contributed by atoms with Gasteiger partial charge in [-0.1, -0.05) is 6.07 Å². The standard InChI is InChI=1S/C29H32F2N8/c1-28(2)6-5-24-36-26-20(30)11-19(12-22(26)39(24)28)25-21(31)14-34-27(37-25)35-23-4-3-18(13-33-23)15-38-9-7-29(8-10-38)16-32-17-29/h3-4,11-14,32H,5-10,15-17H2,1-2H3,(H,33,34,35,37). The van der Waals surface area contributed by atoms with Gasteiger partial charge in [-0.15, -0.1) is 0 Å². The Labute approximate surface area is 225 Å².